The maximum atomic E-state index is 7.52. The van der Waals surface area contributed by atoms with E-state index in [1.165, 1.54) is 11.1 Å². The van der Waals surface area contributed by atoms with Gasteiger partial charge < -0.3 is 22.5 Å². The van der Waals surface area contributed by atoms with Crippen LogP contribution in [-0.4, -0.2) is 22.3 Å². The average Bonchev–Trinajstić information content (AvgIpc) is 2.61. The summed E-state index contributed by atoms with van der Waals surface area (Å²) >= 11 is 0. The van der Waals surface area contributed by atoms with Crippen LogP contribution in [0.4, 0.5) is 17.5 Å². The SMILES string of the molecule is Cc1cccc(CCNc2cc(-c3ccc(C(=N)N)c(N)c3)nc(N)n2)c1. The van der Waals surface area contributed by atoms with Crippen molar-refractivity contribution in [1.82, 2.24) is 9.97 Å². The van der Waals surface area contributed by atoms with Gasteiger partial charge in [0.05, 0.1) is 5.69 Å². The molecule has 0 aliphatic rings. The number of nitrogens with zero attached hydrogens (tertiary/aromatic N) is 2. The molecule has 0 amide bonds. The van der Waals surface area contributed by atoms with Gasteiger partial charge in [0.2, 0.25) is 5.95 Å². The third kappa shape index (κ3) is 4.52. The fourth-order valence-corrected chi connectivity index (χ4v) is 2.87. The Balaban J connectivity index is 1.76. The molecule has 0 bridgehead atoms. The Labute approximate surface area is 158 Å². The lowest BCUT2D eigenvalue weighted by Crippen LogP contribution is -2.13. The minimum Gasteiger partial charge on any atom is -0.398 e. The third-order valence-electron chi connectivity index (χ3n) is 4.18. The molecule has 0 radical (unpaired) electrons. The van der Waals surface area contributed by atoms with Crippen LogP contribution >= 0.6 is 0 Å². The Morgan fingerprint density at radius 2 is 1.89 bits per heavy atom. The second-order valence-corrected chi connectivity index (χ2v) is 6.38. The van der Waals surface area contributed by atoms with Crippen LogP contribution in [0.3, 0.4) is 0 Å². The molecule has 0 fully saturated rings. The molecule has 138 valence electrons. The van der Waals surface area contributed by atoms with Gasteiger partial charge in [-0.15, -0.1) is 0 Å². The number of hydrogen-bond acceptors (Lipinski definition) is 6. The minimum atomic E-state index is -0.0697. The number of hydrogen-bond donors (Lipinski definition) is 5. The lowest BCUT2D eigenvalue weighted by atomic mass is 10.1. The van der Waals surface area contributed by atoms with Gasteiger partial charge >= 0.3 is 0 Å². The molecule has 0 saturated carbocycles. The fraction of sp³-hybridized carbons (Fsp3) is 0.150. The topological polar surface area (TPSA) is 140 Å². The number of nitrogens with two attached hydrogens (primary N) is 3. The Morgan fingerprint density at radius 3 is 2.59 bits per heavy atom. The van der Waals surface area contributed by atoms with Crippen LogP contribution in [0.2, 0.25) is 0 Å². The second-order valence-electron chi connectivity index (χ2n) is 6.38. The molecule has 27 heavy (non-hydrogen) atoms. The molecule has 8 N–H and O–H groups in total. The molecule has 1 heterocycles. The molecule has 0 spiro atoms. The number of aromatic nitrogens is 2. The summed E-state index contributed by atoms with van der Waals surface area (Å²) in [7, 11) is 0. The van der Waals surface area contributed by atoms with E-state index in [1.807, 2.05) is 12.1 Å². The Hall–Kier alpha value is -3.61. The number of aryl methyl sites for hydroxylation is 1. The van der Waals surface area contributed by atoms with Crippen molar-refractivity contribution >= 4 is 23.3 Å². The van der Waals surface area contributed by atoms with Crippen molar-refractivity contribution in [3.8, 4) is 11.3 Å². The molecular weight excluding hydrogens is 338 g/mol. The highest BCUT2D eigenvalue weighted by atomic mass is 15.1. The summed E-state index contributed by atoms with van der Waals surface area (Å²) in [5, 5.41) is 10.8. The maximum absolute atomic E-state index is 7.52. The zero-order valence-electron chi connectivity index (χ0n) is 15.2. The summed E-state index contributed by atoms with van der Waals surface area (Å²) in [6, 6.07) is 15.5. The maximum Gasteiger partial charge on any atom is 0.222 e. The van der Waals surface area contributed by atoms with Gasteiger partial charge in [-0.2, -0.15) is 4.98 Å². The van der Waals surface area contributed by atoms with E-state index in [1.54, 1.807) is 12.1 Å². The molecule has 7 nitrogen and oxygen atoms in total. The number of amidine groups is 1. The number of nitrogen functional groups attached to an aromatic ring is 3. The van der Waals surface area contributed by atoms with Gasteiger partial charge in [-0.3, -0.25) is 5.41 Å². The molecular formula is C20H23N7. The normalized spacial score (nSPS) is 10.6. The van der Waals surface area contributed by atoms with Gasteiger partial charge in [0.25, 0.3) is 0 Å². The zero-order valence-corrected chi connectivity index (χ0v) is 15.2. The van der Waals surface area contributed by atoms with Crippen molar-refractivity contribution in [2.45, 2.75) is 13.3 Å². The molecule has 0 aliphatic carbocycles. The Morgan fingerprint density at radius 1 is 1.07 bits per heavy atom. The van der Waals surface area contributed by atoms with E-state index in [4.69, 9.17) is 22.6 Å². The number of rotatable bonds is 6. The van der Waals surface area contributed by atoms with Crippen LogP contribution < -0.4 is 22.5 Å². The lowest BCUT2D eigenvalue weighted by Gasteiger charge is -2.10. The second kappa shape index (κ2) is 7.74. The Kier molecular flexibility index (Phi) is 5.21. The van der Waals surface area contributed by atoms with E-state index in [0.29, 0.717) is 22.8 Å². The van der Waals surface area contributed by atoms with Gasteiger partial charge in [0.15, 0.2) is 0 Å². The van der Waals surface area contributed by atoms with Crippen LogP contribution in [-0.2, 0) is 6.42 Å². The molecule has 1 aromatic heterocycles. The van der Waals surface area contributed by atoms with Crippen molar-refractivity contribution in [1.29, 1.82) is 5.41 Å². The van der Waals surface area contributed by atoms with Gasteiger partial charge in [-0.1, -0.05) is 35.9 Å². The number of anilines is 3. The quantitative estimate of drug-likeness (QED) is 0.260. The standard InChI is InChI=1S/C20H23N7/c1-12-3-2-4-13(9-12)7-8-25-18-11-17(26-20(24)27-18)14-5-6-15(19(22)23)16(21)10-14/h2-6,9-11H,7-8,21H2,1H3,(H3,22,23)(H3,24,25,26,27). The summed E-state index contributed by atoms with van der Waals surface area (Å²) in [6.45, 7) is 2.81. The lowest BCUT2D eigenvalue weighted by molar-refractivity contribution is 1.000. The van der Waals surface area contributed by atoms with Crippen LogP contribution in [0, 0.1) is 12.3 Å². The summed E-state index contributed by atoms with van der Waals surface area (Å²) in [4.78, 5) is 8.53. The average molecular weight is 361 g/mol. The first-order chi connectivity index (χ1) is 12.9. The zero-order chi connectivity index (χ0) is 19.4. The summed E-state index contributed by atoms with van der Waals surface area (Å²) in [5.74, 6) is 0.763. The van der Waals surface area contributed by atoms with E-state index < -0.39 is 0 Å². The first-order valence-corrected chi connectivity index (χ1v) is 8.60. The Bertz CT molecular complexity index is 982. The number of benzene rings is 2. The molecule has 0 unspecified atom stereocenters. The van der Waals surface area contributed by atoms with Crippen molar-refractivity contribution in [2.75, 3.05) is 23.3 Å². The predicted octanol–water partition coefficient (Wildman–Crippen LogP) is 2.56. The van der Waals surface area contributed by atoms with Crippen molar-refractivity contribution in [3.63, 3.8) is 0 Å². The highest BCUT2D eigenvalue weighted by Gasteiger charge is 2.09. The molecule has 2 aromatic carbocycles. The molecule has 0 saturated heterocycles. The van der Waals surface area contributed by atoms with Crippen LogP contribution in [0.25, 0.3) is 11.3 Å². The molecule has 7 heteroatoms. The van der Waals surface area contributed by atoms with E-state index in [9.17, 15) is 0 Å². The van der Waals surface area contributed by atoms with Crippen LogP contribution in [0.15, 0.2) is 48.5 Å². The van der Waals surface area contributed by atoms with Crippen LogP contribution in [0.5, 0.6) is 0 Å². The summed E-state index contributed by atoms with van der Waals surface area (Å²) < 4.78 is 0. The molecule has 3 aromatic rings. The van der Waals surface area contributed by atoms with Crippen molar-refractivity contribution in [2.24, 2.45) is 5.73 Å². The van der Waals surface area contributed by atoms with Crippen LogP contribution in [0.1, 0.15) is 16.7 Å². The minimum absolute atomic E-state index is 0.0697. The van der Waals surface area contributed by atoms with E-state index in [2.05, 4.69) is 46.5 Å². The van der Waals surface area contributed by atoms with Crippen molar-refractivity contribution in [3.05, 3.63) is 65.2 Å². The smallest absolute Gasteiger partial charge is 0.222 e. The third-order valence-corrected chi connectivity index (χ3v) is 4.18. The predicted molar refractivity (Wildman–Crippen MR) is 111 cm³/mol. The van der Waals surface area contributed by atoms with E-state index in [-0.39, 0.29) is 11.8 Å². The molecule has 0 aliphatic heterocycles. The van der Waals surface area contributed by atoms with Crippen molar-refractivity contribution < 1.29 is 0 Å². The summed E-state index contributed by atoms with van der Waals surface area (Å²) in [6.07, 6.45) is 0.876. The fourth-order valence-electron chi connectivity index (χ4n) is 2.87. The van der Waals surface area contributed by atoms with Gasteiger partial charge in [-0.25, -0.2) is 4.98 Å². The van der Waals surface area contributed by atoms with E-state index in [0.717, 1.165) is 18.5 Å². The van der Waals surface area contributed by atoms with E-state index >= 15 is 0 Å². The monoisotopic (exact) mass is 361 g/mol. The van der Waals surface area contributed by atoms with Gasteiger partial charge in [0, 0.05) is 29.4 Å². The first-order valence-electron chi connectivity index (χ1n) is 8.60. The largest absolute Gasteiger partial charge is 0.398 e. The van der Waals surface area contributed by atoms with Gasteiger partial charge in [-0.05, 0) is 31.0 Å². The first kappa shape index (κ1) is 18.2. The highest BCUT2D eigenvalue weighted by Crippen LogP contribution is 2.24. The molecule has 0 atom stereocenters. The highest BCUT2D eigenvalue weighted by molar-refractivity contribution is 6.00. The van der Waals surface area contributed by atoms with Gasteiger partial charge in [0.1, 0.15) is 11.7 Å². The number of nitrogens with one attached hydrogen (secondary N) is 2. The molecule has 3 rings (SSSR count). The summed E-state index contributed by atoms with van der Waals surface area (Å²) in [5.41, 5.74) is 22.2.